The standard InChI is InChI=1S/C11H12F2INO2/c1-17-11(16)10(14)6-15-5-7-2-3-8(12)9(13)4-7/h2-4,10,15H,5-6H2,1H3. The lowest BCUT2D eigenvalue weighted by molar-refractivity contribution is -0.139. The zero-order valence-electron chi connectivity index (χ0n) is 9.17. The van der Waals surface area contributed by atoms with Crippen molar-refractivity contribution in [1.82, 2.24) is 5.32 Å². The van der Waals surface area contributed by atoms with Gasteiger partial charge >= 0.3 is 5.97 Å². The monoisotopic (exact) mass is 355 g/mol. The van der Waals surface area contributed by atoms with Crippen LogP contribution in [0.3, 0.4) is 0 Å². The molecule has 1 rings (SSSR count). The molecule has 17 heavy (non-hydrogen) atoms. The van der Waals surface area contributed by atoms with E-state index in [0.717, 1.165) is 12.1 Å². The molecule has 0 saturated carbocycles. The highest BCUT2D eigenvalue weighted by atomic mass is 127. The van der Waals surface area contributed by atoms with E-state index in [2.05, 4.69) is 10.1 Å². The van der Waals surface area contributed by atoms with Gasteiger partial charge < -0.3 is 10.1 Å². The van der Waals surface area contributed by atoms with Crippen LogP contribution >= 0.6 is 22.6 Å². The first kappa shape index (κ1) is 14.3. The minimum atomic E-state index is -0.872. The van der Waals surface area contributed by atoms with Crippen molar-refractivity contribution in [2.24, 2.45) is 0 Å². The minimum Gasteiger partial charge on any atom is -0.468 e. The summed E-state index contributed by atoms with van der Waals surface area (Å²) in [6.45, 7) is 0.778. The molecule has 0 spiro atoms. The number of esters is 1. The van der Waals surface area contributed by atoms with Gasteiger partial charge in [0, 0.05) is 13.1 Å². The Morgan fingerprint density at radius 1 is 1.47 bits per heavy atom. The van der Waals surface area contributed by atoms with Crippen LogP contribution in [0.4, 0.5) is 8.78 Å². The summed E-state index contributed by atoms with van der Waals surface area (Å²) in [6.07, 6.45) is 0. The molecule has 0 aliphatic rings. The molecular formula is C11H12F2INO2. The maximum absolute atomic E-state index is 12.9. The average molecular weight is 355 g/mol. The normalized spacial score (nSPS) is 12.2. The van der Waals surface area contributed by atoms with Crippen LogP contribution in [0.5, 0.6) is 0 Å². The molecule has 1 atom stereocenters. The summed E-state index contributed by atoms with van der Waals surface area (Å²) in [6, 6.07) is 3.70. The third kappa shape index (κ3) is 4.55. The summed E-state index contributed by atoms with van der Waals surface area (Å²) in [5.74, 6) is -2.05. The molecule has 1 aromatic carbocycles. The first-order chi connectivity index (χ1) is 8.04. The Kier molecular flexibility index (Phi) is 5.76. The summed E-state index contributed by atoms with van der Waals surface area (Å²) >= 11 is 1.95. The van der Waals surface area contributed by atoms with E-state index in [0.29, 0.717) is 18.7 Å². The molecule has 0 radical (unpaired) electrons. The summed E-state index contributed by atoms with van der Waals surface area (Å²) in [4.78, 5) is 11.1. The van der Waals surface area contributed by atoms with Gasteiger partial charge in [-0.3, -0.25) is 4.79 Å². The van der Waals surface area contributed by atoms with Crippen molar-refractivity contribution in [2.75, 3.05) is 13.7 Å². The van der Waals surface area contributed by atoms with Crippen LogP contribution in [-0.4, -0.2) is 23.5 Å². The zero-order chi connectivity index (χ0) is 12.8. The lowest BCUT2D eigenvalue weighted by Gasteiger charge is -2.09. The van der Waals surface area contributed by atoms with Gasteiger partial charge in [-0.25, -0.2) is 8.78 Å². The van der Waals surface area contributed by atoms with Gasteiger partial charge in [0.15, 0.2) is 11.6 Å². The summed E-state index contributed by atoms with van der Waals surface area (Å²) in [7, 11) is 1.32. The summed E-state index contributed by atoms with van der Waals surface area (Å²) in [5, 5.41) is 2.97. The molecule has 0 aliphatic heterocycles. The molecule has 0 amide bonds. The second kappa shape index (κ2) is 6.85. The number of alkyl halides is 1. The molecule has 0 bridgehead atoms. The van der Waals surface area contributed by atoms with Crippen LogP contribution < -0.4 is 5.32 Å². The van der Waals surface area contributed by atoms with Gasteiger partial charge in [-0.2, -0.15) is 0 Å². The number of hydrogen-bond donors (Lipinski definition) is 1. The average Bonchev–Trinajstić information content (AvgIpc) is 2.32. The molecule has 0 fully saturated rings. The highest BCUT2D eigenvalue weighted by molar-refractivity contribution is 14.1. The first-order valence-electron chi connectivity index (χ1n) is 4.91. The Morgan fingerprint density at radius 3 is 2.76 bits per heavy atom. The molecule has 3 nitrogen and oxygen atoms in total. The number of nitrogens with one attached hydrogen (secondary N) is 1. The smallest absolute Gasteiger partial charge is 0.319 e. The van der Waals surface area contributed by atoms with E-state index in [-0.39, 0.29) is 9.89 Å². The number of hydrogen-bond acceptors (Lipinski definition) is 3. The largest absolute Gasteiger partial charge is 0.468 e. The third-order valence-corrected chi connectivity index (χ3v) is 3.04. The van der Waals surface area contributed by atoms with Crippen LogP contribution in [0.1, 0.15) is 5.56 Å². The molecule has 0 saturated heterocycles. The summed E-state index contributed by atoms with van der Waals surface area (Å²) in [5.41, 5.74) is 0.623. The van der Waals surface area contributed by atoms with Crippen molar-refractivity contribution in [3.63, 3.8) is 0 Å². The molecule has 6 heteroatoms. The Balaban J connectivity index is 2.40. The number of carbonyl (C=O) groups is 1. The molecule has 0 aromatic heterocycles. The van der Waals surface area contributed by atoms with Crippen molar-refractivity contribution in [3.05, 3.63) is 35.4 Å². The third-order valence-electron chi connectivity index (χ3n) is 2.09. The minimum absolute atomic E-state index is 0.303. The fourth-order valence-electron chi connectivity index (χ4n) is 1.20. The lowest BCUT2D eigenvalue weighted by atomic mass is 10.2. The van der Waals surface area contributed by atoms with E-state index >= 15 is 0 Å². The van der Waals surface area contributed by atoms with Gasteiger partial charge in [-0.1, -0.05) is 28.7 Å². The van der Waals surface area contributed by atoms with Gasteiger partial charge in [0.05, 0.1) is 7.11 Å². The van der Waals surface area contributed by atoms with Crippen LogP contribution in [0.25, 0.3) is 0 Å². The van der Waals surface area contributed by atoms with Crippen LogP contribution in [0, 0.1) is 11.6 Å². The topological polar surface area (TPSA) is 38.3 Å². The lowest BCUT2D eigenvalue weighted by Crippen LogP contribution is -2.29. The van der Waals surface area contributed by atoms with E-state index in [1.165, 1.54) is 13.2 Å². The van der Waals surface area contributed by atoms with Gasteiger partial charge in [0.1, 0.15) is 3.92 Å². The Morgan fingerprint density at radius 2 is 2.18 bits per heavy atom. The summed E-state index contributed by atoms with van der Waals surface area (Å²) < 4.78 is 29.8. The molecule has 1 aromatic rings. The maximum atomic E-state index is 12.9. The second-order valence-electron chi connectivity index (χ2n) is 3.37. The molecule has 0 heterocycles. The Hall–Kier alpha value is -0.760. The van der Waals surface area contributed by atoms with Crippen LogP contribution in [0.15, 0.2) is 18.2 Å². The van der Waals surface area contributed by atoms with Crippen molar-refractivity contribution >= 4 is 28.6 Å². The molecule has 94 valence electrons. The van der Waals surface area contributed by atoms with Crippen molar-refractivity contribution in [1.29, 1.82) is 0 Å². The Labute approximate surface area is 112 Å². The number of benzene rings is 1. The SMILES string of the molecule is COC(=O)C(I)CNCc1ccc(F)c(F)c1. The van der Waals surface area contributed by atoms with Crippen LogP contribution in [-0.2, 0) is 16.1 Å². The number of halogens is 3. The van der Waals surface area contributed by atoms with E-state index in [4.69, 9.17) is 0 Å². The zero-order valence-corrected chi connectivity index (χ0v) is 11.3. The molecule has 1 unspecified atom stereocenters. The number of carbonyl (C=O) groups excluding carboxylic acids is 1. The van der Waals surface area contributed by atoms with Gasteiger partial charge in [0.25, 0.3) is 0 Å². The van der Waals surface area contributed by atoms with Gasteiger partial charge in [0.2, 0.25) is 0 Å². The second-order valence-corrected chi connectivity index (χ2v) is 4.87. The first-order valence-corrected chi connectivity index (χ1v) is 6.15. The van der Waals surface area contributed by atoms with Crippen LogP contribution in [0.2, 0.25) is 0 Å². The molecule has 1 N–H and O–H groups in total. The fraction of sp³-hybridized carbons (Fsp3) is 0.364. The number of methoxy groups -OCH3 is 1. The quantitative estimate of drug-likeness (QED) is 0.499. The van der Waals surface area contributed by atoms with Gasteiger partial charge in [-0.15, -0.1) is 0 Å². The highest BCUT2D eigenvalue weighted by Crippen LogP contribution is 2.08. The fourth-order valence-corrected chi connectivity index (χ4v) is 1.77. The predicted molar refractivity (Wildman–Crippen MR) is 67.9 cm³/mol. The van der Waals surface area contributed by atoms with Gasteiger partial charge in [-0.05, 0) is 17.7 Å². The van der Waals surface area contributed by atoms with E-state index in [1.54, 1.807) is 0 Å². The maximum Gasteiger partial charge on any atom is 0.319 e. The van der Waals surface area contributed by atoms with Crippen molar-refractivity contribution < 1.29 is 18.3 Å². The number of ether oxygens (including phenoxy) is 1. The van der Waals surface area contributed by atoms with E-state index in [9.17, 15) is 13.6 Å². The number of rotatable bonds is 5. The molecule has 0 aliphatic carbocycles. The Bertz CT molecular complexity index is 401. The van der Waals surface area contributed by atoms with E-state index < -0.39 is 11.6 Å². The van der Waals surface area contributed by atoms with Crippen molar-refractivity contribution in [2.45, 2.75) is 10.5 Å². The van der Waals surface area contributed by atoms with E-state index in [1.807, 2.05) is 22.6 Å². The molecular weight excluding hydrogens is 343 g/mol. The highest BCUT2D eigenvalue weighted by Gasteiger charge is 2.14. The van der Waals surface area contributed by atoms with Crippen molar-refractivity contribution in [3.8, 4) is 0 Å². The predicted octanol–water partition coefficient (Wildman–Crippen LogP) is 2.03.